The maximum atomic E-state index is 5.59. The summed E-state index contributed by atoms with van der Waals surface area (Å²) in [6.07, 6.45) is 3.64. The van der Waals surface area contributed by atoms with E-state index in [1.807, 2.05) is 0 Å². The quantitative estimate of drug-likeness (QED) is 0.774. The lowest BCUT2D eigenvalue weighted by Crippen LogP contribution is -2.55. The third-order valence-corrected chi connectivity index (χ3v) is 4.44. The topological polar surface area (TPSA) is 24.5 Å². The minimum Gasteiger partial charge on any atom is -0.379 e. The molecule has 0 spiro atoms. The van der Waals surface area contributed by atoms with Crippen LogP contribution in [0, 0.1) is 0 Å². The largest absolute Gasteiger partial charge is 0.379 e. The van der Waals surface area contributed by atoms with Crippen LogP contribution in [0.1, 0.15) is 40.0 Å². The Balaban J connectivity index is 2.08. The second-order valence-electron chi connectivity index (χ2n) is 5.92. The molecule has 0 aliphatic carbocycles. The second kappa shape index (κ2) is 4.63. The Morgan fingerprint density at radius 1 is 1.38 bits per heavy atom. The zero-order valence-electron chi connectivity index (χ0n) is 11.0. The van der Waals surface area contributed by atoms with Crippen molar-refractivity contribution in [3.63, 3.8) is 0 Å². The van der Waals surface area contributed by atoms with E-state index in [-0.39, 0.29) is 11.1 Å². The Kier molecular flexibility index (Phi) is 3.57. The molecule has 94 valence electrons. The molecular formula is C13H26N2O. The first kappa shape index (κ1) is 12.3. The van der Waals surface area contributed by atoms with Gasteiger partial charge in [0, 0.05) is 30.8 Å². The maximum Gasteiger partial charge on any atom is 0.0648 e. The molecule has 0 aromatic carbocycles. The lowest BCUT2D eigenvalue weighted by atomic mass is 9.93. The molecule has 0 aromatic rings. The highest BCUT2D eigenvalue weighted by Gasteiger charge is 2.39. The first-order chi connectivity index (χ1) is 7.58. The van der Waals surface area contributed by atoms with Crippen LogP contribution in [0.5, 0.6) is 0 Å². The van der Waals surface area contributed by atoms with Crippen LogP contribution in [-0.2, 0) is 4.74 Å². The first-order valence-corrected chi connectivity index (χ1v) is 6.66. The van der Waals surface area contributed by atoms with Gasteiger partial charge < -0.3 is 10.1 Å². The molecule has 2 rings (SSSR count). The molecule has 0 radical (unpaired) electrons. The average Bonchev–Trinajstić information content (AvgIpc) is 2.60. The molecule has 2 aliphatic heterocycles. The van der Waals surface area contributed by atoms with Gasteiger partial charge in [-0.2, -0.15) is 0 Å². The van der Waals surface area contributed by atoms with E-state index in [9.17, 15) is 0 Å². The standard InChI is InChI=1S/C13H26N2O/c1-4-12(2)10-15(8-5-7-14-12)13(3)6-9-16-11-13/h14H,4-11H2,1-3H3. The summed E-state index contributed by atoms with van der Waals surface area (Å²) in [6, 6.07) is 0. The minimum atomic E-state index is 0.280. The van der Waals surface area contributed by atoms with E-state index in [0.717, 1.165) is 26.3 Å². The summed E-state index contributed by atoms with van der Waals surface area (Å²) < 4.78 is 5.59. The fourth-order valence-corrected chi connectivity index (χ4v) is 2.82. The molecule has 2 saturated heterocycles. The zero-order chi connectivity index (χ0) is 11.6. The monoisotopic (exact) mass is 226 g/mol. The van der Waals surface area contributed by atoms with Crippen molar-refractivity contribution >= 4 is 0 Å². The van der Waals surface area contributed by atoms with Gasteiger partial charge >= 0.3 is 0 Å². The van der Waals surface area contributed by atoms with Crippen molar-refractivity contribution in [2.75, 3.05) is 32.8 Å². The summed E-state index contributed by atoms with van der Waals surface area (Å²) in [5.74, 6) is 0. The van der Waals surface area contributed by atoms with Crippen LogP contribution in [0.15, 0.2) is 0 Å². The van der Waals surface area contributed by atoms with E-state index >= 15 is 0 Å². The van der Waals surface area contributed by atoms with Crippen molar-refractivity contribution < 1.29 is 4.74 Å². The molecule has 3 heteroatoms. The van der Waals surface area contributed by atoms with Gasteiger partial charge in [-0.15, -0.1) is 0 Å². The molecule has 0 saturated carbocycles. The van der Waals surface area contributed by atoms with Crippen LogP contribution >= 0.6 is 0 Å². The Morgan fingerprint density at radius 3 is 2.81 bits per heavy atom. The summed E-state index contributed by atoms with van der Waals surface area (Å²) in [6.45, 7) is 12.4. The Labute approximate surface area is 99.5 Å². The van der Waals surface area contributed by atoms with Crippen molar-refractivity contribution in [3.8, 4) is 0 Å². The summed E-state index contributed by atoms with van der Waals surface area (Å²) in [4.78, 5) is 2.66. The highest BCUT2D eigenvalue weighted by atomic mass is 16.5. The highest BCUT2D eigenvalue weighted by Crippen LogP contribution is 2.29. The average molecular weight is 226 g/mol. The molecular weight excluding hydrogens is 200 g/mol. The van der Waals surface area contributed by atoms with Crippen molar-refractivity contribution in [3.05, 3.63) is 0 Å². The van der Waals surface area contributed by atoms with Crippen molar-refractivity contribution in [1.82, 2.24) is 10.2 Å². The van der Waals surface area contributed by atoms with Gasteiger partial charge in [-0.1, -0.05) is 6.92 Å². The molecule has 0 amide bonds. The number of hydrogen-bond donors (Lipinski definition) is 1. The maximum absolute atomic E-state index is 5.59. The summed E-state index contributed by atoms with van der Waals surface area (Å²) in [7, 11) is 0. The molecule has 3 nitrogen and oxygen atoms in total. The van der Waals surface area contributed by atoms with E-state index in [4.69, 9.17) is 4.74 Å². The predicted molar refractivity (Wildman–Crippen MR) is 66.7 cm³/mol. The molecule has 16 heavy (non-hydrogen) atoms. The van der Waals surface area contributed by atoms with Gasteiger partial charge in [-0.05, 0) is 39.7 Å². The van der Waals surface area contributed by atoms with Crippen LogP contribution in [-0.4, -0.2) is 48.8 Å². The SMILES string of the molecule is CCC1(C)CN(C2(C)CCOC2)CCCN1. The smallest absolute Gasteiger partial charge is 0.0648 e. The van der Waals surface area contributed by atoms with E-state index in [1.165, 1.54) is 25.8 Å². The predicted octanol–water partition coefficient (Wildman–Crippen LogP) is 1.63. The Hall–Kier alpha value is -0.120. The van der Waals surface area contributed by atoms with Crippen molar-refractivity contribution in [2.24, 2.45) is 0 Å². The van der Waals surface area contributed by atoms with Crippen LogP contribution in [0.4, 0.5) is 0 Å². The molecule has 2 heterocycles. The Morgan fingerprint density at radius 2 is 2.19 bits per heavy atom. The van der Waals surface area contributed by atoms with Gasteiger partial charge in [0.1, 0.15) is 0 Å². The van der Waals surface area contributed by atoms with E-state index in [1.54, 1.807) is 0 Å². The fourth-order valence-electron chi connectivity index (χ4n) is 2.82. The second-order valence-corrected chi connectivity index (χ2v) is 5.92. The molecule has 2 atom stereocenters. The number of hydrogen-bond acceptors (Lipinski definition) is 3. The number of nitrogens with one attached hydrogen (secondary N) is 1. The minimum absolute atomic E-state index is 0.280. The van der Waals surface area contributed by atoms with Crippen LogP contribution in [0.3, 0.4) is 0 Å². The normalized spacial score (nSPS) is 42.2. The van der Waals surface area contributed by atoms with Crippen LogP contribution in [0.2, 0.25) is 0 Å². The van der Waals surface area contributed by atoms with Gasteiger partial charge in [-0.3, -0.25) is 4.90 Å². The lowest BCUT2D eigenvalue weighted by molar-refractivity contribution is 0.0646. The zero-order valence-corrected chi connectivity index (χ0v) is 11.0. The van der Waals surface area contributed by atoms with E-state index in [0.29, 0.717) is 0 Å². The molecule has 0 bridgehead atoms. The van der Waals surface area contributed by atoms with Crippen molar-refractivity contribution in [2.45, 2.75) is 51.1 Å². The first-order valence-electron chi connectivity index (χ1n) is 6.66. The molecule has 2 aliphatic rings. The molecule has 1 N–H and O–H groups in total. The lowest BCUT2D eigenvalue weighted by Gasteiger charge is -2.41. The highest BCUT2D eigenvalue weighted by molar-refractivity contribution is 4.97. The van der Waals surface area contributed by atoms with Crippen LogP contribution < -0.4 is 5.32 Å². The van der Waals surface area contributed by atoms with Gasteiger partial charge in [-0.25, -0.2) is 0 Å². The number of rotatable bonds is 2. The summed E-state index contributed by atoms with van der Waals surface area (Å²) >= 11 is 0. The fraction of sp³-hybridized carbons (Fsp3) is 1.00. The van der Waals surface area contributed by atoms with E-state index < -0.39 is 0 Å². The molecule has 2 fully saturated rings. The van der Waals surface area contributed by atoms with Gasteiger partial charge in [0.05, 0.1) is 6.61 Å². The molecule has 0 aromatic heterocycles. The number of ether oxygens (including phenoxy) is 1. The van der Waals surface area contributed by atoms with Gasteiger partial charge in [0.2, 0.25) is 0 Å². The van der Waals surface area contributed by atoms with Crippen molar-refractivity contribution in [1.29, 1.82) is 0 Å². The molecule has 2 unspecified atom stereocenters. The van der Waals surface area contributed by atoms with Gasteiger partial charge in [0.25, 0.3) is 0 Å². The Bertz CT molecular complexity index is 238. The number of nitrogens with zero attached hydrogens (tertiary/aromatic N) is 1. The third kappa shape index (κ3) is 2.41. The summed E-state index contributed by atoms with van der Waals surface area (Å²) in [5.41, 5.74) is 0.560. The van der Waals surface area contributed by atoms with Gasteiger partial charge in [0.15, 0.2) is 0 Å². The third-order valence-electron chi connectivity index (χ3n) is 4.44. The summed E-state index contributed by atoms with van der Waals surface area (Å²) in [5, 5.41) is 3.70. The van der Waals surface area contributed by atoms with Crippen LogP contribution in [0.25, 0.3) is 0 Å². The van der Waals surface area contributed by atoms with E-state index in [2.05, 4.69) is 31.0 Å².